The summed E-state index contributed by atoms with van der Waals surface area (Å²) in [4.78, 5) is 14.1. The normalized spacial score (nSPS) is 11.8. The van der Waals surface area contributed by atoms with E-state index in [9.17, 15) is 0 Å². The number of benzene rings is 2. The van der Waals surface area contributed by atoms with Gasteiger partial charge in [-0.1, -0.05) is 17.9 Å². The molecule has 5 rings (SSSR count). The number of methoxy groups -OCH3 is 1. The molecule has 158 valence electrons. The molecule has 0 radical (unpaired) electrons. The first kappa shape index (κ1) is 20.2. The second-order valence-electron chi connectivity index (χ2n) is 7.30. The summed E-state index contributed by atoms with van der Waals surface area (Å²) in [5.41, 5.74) is 5.01. The van der Waals surface area contributed by atoms with Gasteiger partial charge in [-0.2, -0.15) is 0 Å². The number of nitrogens with one attached hydrogen (secondary N) is 1. The van der Waals surface area contributed by atoms with E-state index in [1.54, 1.807) is 24.8 Å². The molecule has 0 atom stereocenters. The van der Waals surface area contributed by atoms with E-state index in [4.69, 9.17) is 9.47 Å². The number of hydrogen-bond acceptors (Lipinski definition) is 7. The van der Waals surface area contributed by atoms with Gasteiger partial charge in [-0.25, -0.2) is 9.97 Å². The Labute approximate surface area is 190 Å². The molecule has 0 spiro atoms. The first-order valence-corrected chi connectivity index (χ1v) is 10.9. The maximum absolute atomic E-state index is 6.11. The first-order chi connectivity index (χ1) is 15.7. The lowest BCUT2D eigenvalue weighted by Gasteiger charge is -2.12. The fourth-order valence-corrected chi connectivity index (χ4v) is 4.38. The van der Waals surface area contributed by atoms with Crippen molar-refractivity contribution in [2.45, 2.75) is 13.3 Å². The Balaban J connectivity index is 1.36. The van der Waals surface area contributed by atoms with Gasteiger partial charge in [0.05, 0.1) is 20.8 Å². The zero-order valence-electron chi connectivity index (χ0n) is 17.7. The van der Waals surface area contributed by atoms with Crippen molar-refractivity contribution in [3.63, 3.8) is 0 Å². The van der Waals surface area contributed by atoms with E-state index in [1.807, 2.05) is 49.5 Å². The van der Waals surface area contributed by atoms with Crippen molar-refractivity contribution in [1.82, 2.24) is 9.97 Å². The van der Waals surface area contributed by atoms with Crippen molar-refractivity contribution >= 4 is 45.0 Å². The zero-order chi connectivity index (χ0) is 21.9. The average Bonchev–Trinajstić information content (AvgIpc) is 3.42. The number of fused-ring (bicyclic) bond motifs is 2. The topological polar surface area (TPSA) is 68.6 Å². The molecule has 0 saturated carbocycles. The molecular formula is C25H20N4O2S. The third-order valence-corrected chi connectivity index (χ3v) is 6.05. The smallest absolute Gasteiger partial charge is 0.151 e. The summed E-state index contributed by atoms with van der Waals surface area (Å²) in [6, 6.07) is 14.0. The molecule has 2 aromatic heterocycles. The van der Waals surface area contributed by atoms with Crippen molar-refractivity contribution in [2.24, 2.45) is 4.99 Å². The Morgan fingerprint density at radius 1 is 1.12 bits per heavy atom. The van der Waals surface area contributed by atoms with Gasteiger partial charge in [-0.15, -0.1) is 11.3 Å². The molecule has 1 aliphatic heterocycles. The van der Waals surface area contributed by atoms with Crippen molar-refractivity contribution in [3.8, 4) is 23.3 Å². The number of aromatic nitrogens is 2. The summed E-state index contributed by atoms with van der Waals surface area (Å²) in [6.45, 7) is 2.42. The number of nitrogens with zero attached hydrogens (tertiary/aromatic N) is 3. The highest BCUT2D eigenvalue weighted by Crippen LogP contribution is 2.34. The Morgan fingerprint density at radius 2 is 2.06 bits per heavy atom. The van der Waals surface area contributed by atoms with Crippen LogP contribution in [-0.4, -0.2) is 29.9 Å². The molecular weight excluding hydrogens is 420 g/mol. The Hall–Kier alpha value is -3.73. The largest absolute Gasteiger partial charge is 0.457 e. The van der Waals surface area contributed by atoms with Gasteiger partial charge >= 0.3 is 0 Å². The highest BCUT2D eigenvalue weighted by atomic mass is 32.1. The molecule has 4 aromatic rings. The van der Waals surface area contributed by atoms with E-state index in [0.717, 1.165) is 55.8 Å². The van der Waals surface area contributed by atoms with Crippen LogP contribution in [0.2, 0.25) is 0 Å². The predicted molar refractivity (Wildman–Crippen MR) is 129 cm³/mol. The molecule has 0 aliphatic carbocycles. The molecule has 1 aliphatic rings. The number of thiophene rings is 1. The number of hydrogen-bond donors (Lipinski definition) is 1. The average molecular weight is 441 g/mol. The predicted octanol–water partition coefficient (Wildman–Crippen LogP) is 5.79. The standard InChI is InChI=1S/C25H20N4O2S/c1-16-12-18(6-8-23(16)31-19-7-5-17-9-10-26-21(17)13-19)29-25-24-22(27-15-28-25)14-20(32-24)4-3-11-30-2/h5-8,10,12-15H,9,11H2,1-2H3,(H,27,28,29). The van der Waals surface area contributed by atoms with Crippen LogP contribution in [0.1, 0.15) is 16.0 Å². The number of aliphatic imine (C=N–C) groups is 1. The van der Waals surface area contributed by atoms with Crippen LogP contribution in [0.3, 0.4) is 0 Å². The third-order valence-electron chi connectivity index (χ3n) is 5.00. The molecule has 1 N–H and O–H groups in total. The summed E-state index contributed by atoms with van der Waals surface area (Å²) in [5, 5.41) is 3.41. The summed E-state index contributed by atoms with van der Waals surface area (Å²) >= 11 is 1.56. The summed E-state index contributed by atoms with van der Waals surface area (Å²) in [7, 11) is 1.63. The number of aryl methyl sites for hydroxylation is 1. The van der Waals surface area contributed by atoms with Crippen molar-refractivity contribution < 1.29 is 9.47 Å². The fourth-order valence-electron chi connectivity index (χ4n) is 3.45. The molecule has 3 heterocycles. The third kappa shape index (κ3) is 4.19. The maximum Gasteiger partial charge on any atom is 0.151 e. The van der Waals surface area contributed by atoms with E-state index in [2.05, 4.69) is 38.2 Å². The van der Waals surface area contributed by atoms with Crippen LogP contribution < -0.4 is 10.1 Å². The highest BCUT2D eigenvalue weighted by molar-refractivity contribution is 7.20. The quantitative estimate of drug-likeness (QED) is 0.398. The van der Waals surface area contributed by atoms with Crippen molar-refractivity contribution in [2.75, 3.05) is 19.0 Å². The van der Waals surface area contributed by atoms with Crippen LogP contribution in [-0.2, 0) is 11.2 Å². The molecule has 0 amide bonds. The van der Waals surface area contributed by atoms with Crippen LogP contribution in [0.25, 0.3) is 10.2 Å². The van der Waals surface area contributed by atoms with Crippen LogP contribution in [0, 0.1) is 18.8 Å². The molecule has 2 aromatic carbocycles. The maximum atomic E-state index is 6.11. The van der Waals surface area contributed by atoms with Gasteiger partial charge in [-0.3, -0.25) is 4.99 Å². The Morgan fingerprint density at radius 3 is 2.94 bits per heavy atom. The lowest BCUT2D eigenvalue weighted by Crippen LogP contribution is -1.96. The second-order valence-corrected chi connectivity index (χ2v) is 8.35. The molecule has 6 nitrogen and oxygen atoms in total. The molecule has 0 bridgehead atoms. The van der Waals surface area contributed by atoms with Gasteiger partial charge in [0.2, 0.25) is 0 Å². The van der Waals surface area contributed by atoms with E-state index < -0.39 is 0 Å². The monoisotopic (exact) mass is 440 g/mol. The highest BCUT2D eigenvalue weighted by Gasteiger charge is 2.11. The minimum absolute atomic E-state index is 0.400. The van der Waals surface area contributed by atoms with Crippen LogP contribution >= 0.6 is 11.3 Å². The zero-order valence-corrected chi connectivity index (χ0v) is 18.5. The fraction of sp³-hybridized carbons (Fsp3) is 0.160. The number of rotatable bonds is 5. The molecule has 7 heteroatoms. The molecule has 0 fully saturated rings. The van der Waals surface area contributed by atoms with E-state index in [0.29, 0.717) is 6.61 Å². The van der Waals surface area contributed by atoms with Gasteiger partial charge in [0.25, 0.3) is 0 Å². The van der Waals surface area contributed by atoms with E-state index >= 15 is 0 Å². The van der Waals surface area contributed by atoms with Gasteiger partial charge in [0.15, 0.2) is 5.82 Å². The van der Waals surface area contributed by atoms with Crippen LogP contribution in [0.4, 0.5) is 17.2 Å². The molecule has 0 saturated heterocycles. The van der Waals surface area contributed by atoms with Crippen molar-refractivity contribution in [3.05, 3.63) is 64.8 Å². The van der Waals surface area contributed by atoms with Crippen molar-refractivity contribution in [1.29, 1.82) is 0 Å². The van der Waals surface area contributed by atoms with E-state index in [-0.39, 0.29) is 0 Å². The molecule has 32 heavy (non-hydrogen) atoms. The van der Waals surface area contributed by atoms with Gasteiger partial charge in [0.1, 0.15) is 24.4 Å². The van der Waals surface area contributed by atoms with Gasteiger partial charge in [0, 0.05) is 31.5 Å². The summed E-state index contributed by atoms with van der Waals surface area (Å²) in [6.07, 6.45) is 4.37. The Bertz CT molecular complexity index is 1400. The second kappa shape index (κ2) is 8.79. The SMILES string of the molecule is COCC#Cc1cc2ncnc(Nc3ccc(Oc4ccc5c(c4)N=CC5)c(C)c3)c2s1. The van der Waals surface area contributed by atoms with Gasteiger partial charge < -0.3 is 14.8 Å². The lowest BCUT2D eigenvalue weighted by molar-refractivity contribution is 0.240. The van der Waals surface area contributed by atoms with E-state index in [1.165, 1.54) is 5.56 Å². The number of anilines is 2. The molecule has 0 unspecified atom stereocenters. The van der Waals surface area contributed by atoms with Gasteiger partial charge in [-0.05, 0) is 48.4 Å². The van der Waals surface area contributed by atoms with Crippen LogP contribution in [0.15, 0.2) is 53.8 Å². The Kier molecular flexibility index (Phi) is 5.55. The number of ether oxygens (including phenoxy) is 2. The van der Waals surface area contributed by atoms with Crippen LogP contribution in [0.5, 0.6) is 11.5 Å². The lowest BCUT2D eigenvalue weighted by atomic mass is 10.1. The minimum atomic E-state index is 0.400. The minimum Gasteiger partial charge on any atom is -0.457 e. The summed E-state index contributed by atoms with van der Waals surface area (Å²) < 4.78 is 12.1. The summed E-state index contributed by atoms with van der Waals surface area (Å²) in [5.74, 6) is 8.42. The first-order valence-electron chi connectivity index (χ1n) is 10.1.